The number of carbonyl (C=O) groups is 2. The number of hydrogen-bond donors (Lipinski definition) is 2. The number of anilines is 1. The Kier molecular flexibility index (Phi) is 7.88. The van der Waals surface area contributed by atoms with Gasteiger partial charge in [-0.25, -0.2) is 4.98 Å². The van der Waals surface area contributed by atoms with E-state index in [1.54, 1.807) is 36.7 Å². The molecular formula is C26H29Cl2N5O3. The van der Waals surface area contributed by atoms with Crippen molar-refractivity contribution >= 4 is 51.7 Å². The van der Waals surface area contributed by atoms with Crippen molar-refractivity contribution < 1.29 is 14.3 Å². The van der Waals surface area contributed by atoms with Crippen molar-refractivity contribution in [2.75, 3.05) is 44.7 Å². The fourth-order valence-corrected chi connectivity index (χ4v) is 5.14. The molecule has 3 heterocycles. The SMILES string of the molecule is O=C(Nc1nccc2c1ccn2C(=O)c1c(Cl)cc(CNCCCN2CCOCC2)cc1Cl)C1CC1. The summed E-state index contributed by atoms with van der Waals surface area (Å²) >= 11 is 13.1. The fraction of sp³-hybridized carbons (Fsp3) is 0.423. The third-order valence-corrected chi connectivity index (χ3v) is 7.20. The Labute approximate surface area is 219 Å². The largest absolute Gasteiger partial charge is 0.379 e. The predicted molar refractivity (Wildman–Crippen MR) is 141 cm³/mol. The van der Waals surface area contributed by atoms with Crippen LogP contribution in [0.3, 0.4) is 0 Å². The molecule has 0 spiro atoms. The van der Waals surface area contributed by atoms with Crippen LogP contribution in [0.25, 0.3) is 10.9 Å². The number of ether oxygens (including phenoxy) is 1. The quantitative estimate of drug-likeness (QED) is 0.404. The molecule has 3 aromatic rings. The summed E-state index contributed by atoms with van der Waals surface area (Å²) in [5.74, 6) is 0.130. The molecule has 1 amide bonds. The van der Waals surface area contributed by atoms with Gasteiger partial charge in [0, 0.05) is 43.3 Å². The maximum atomic E-state index is 13.4. The molecule has 2 aliphatic rings. The van der Waals surface area contributed by atoms with Gasteiger partial charge in [-0.3, -0.25) is 19.1 Å². The second-order valence-electron chi connectivity index (χ2n) is 9.27. The minimum atomic E-state index is -0.337. The van der Waals surface area contributed by atoms with E-state index in [4.69, 9.17) is 27.9 Å². The van der Waals surface area contributed by atoms with Gasteiger partial charge in [-0.05, 0) is 62.2 Å². The van der Waals surface area contributed by atoms with Crippen molar-refractivity contribution in [3.8, 4) is 0 Å². The van der Waals surface area contributed by atoms with Crippen LogP contribution >= 0.6 is 23.2 Å². The number of benzene rings is 1. The highest BCUT2D eigenvalue weighted by molar-refractivity contribution is 6.40. The molecule has 0 bridgehead atoms. The summed E-state index contributed by atoms with van der Waals surface area (Å²) < 4.78 is 6.87. The number of fused-ring (bicyclic) bond motifs is 1. The van der Waals surface area contributed by atoms with E-state index in [0.29, 0.717) is 33.3 Å². The van der Waals surface area contributed by atoms with Crippen molar-refractivity contribution in [1.82, 2.24) is 19.8 Å². The van der Waals surface area contributed by atoms with Crippen LogP contribution in [0.1, 0.15) is 35.2 Å². The second-order valence-corrected chi connectivity index (χ2v) is 10.1. The van der Waals surface area contributed by atoms with Gasteiger partial charge in [0.1, 0.15) is 5.82 Å². The minimum Gasteiger partial charge on any atom is -0.379 e. The third-order valence-electron chi connectivity index (χ3n) is 6.60. The maximum absolute atomic E-state index is 13.4. The van der Waals surface area contributed by atoms with Gasteiger partial charge in [0.15, 0.2) is 0 Å². The number of nitrogens with one attached hydrogen (secondary N) is 2. The van der Waals surface area contributed by atoms with E-state index in [1.807, 2.05) is 0 Å². The molecule has 2 N–H and O–H groups in total. The number of aromatic nitrogens is 2. The summed E-state index contributed by atoms with van der Waals surface area (Å²) in [7, 11) is 0. The van der Waals surface area contributed by atoms with E-state index in [2.05, 4.69) is 20.5 Å². The minimum absolute atomic E-state index is 0.0366. The van der Waals surface area contributed by atoms with Crippen molar-refractivity contribution in [2.45, 2.75) is 25.8 Å². The molecule has 0 radical (unpaired) electrons. The summed E-state index contributed by atoms with van der Waals surface area (Å²) in [5.41, 5.74) is 1.78. The van der Waals surface area contributed by atoms with Crippen molar-refractivity contribution in [3.05, 3.63) is 57.8 Å². The van der Waals surface area contributed by atoms with Gasteiger partial charge in [-0.15, -0.1) is 0 Å². The second kappa shape index (κ2) is 11.3. The summed E-state index contributed by atoms with van der Waals surface area (Å²) in [4.78, 5) is 32.3. The number of pyridine rings is 1. The fourth-order valence-electron chi connectivity index (χ4n) is 4.45. The molecule has 0 unspecified atom stereocenters. The molecule has 1 aliphatic carbocycles. The average molecular weight is 530 g/mol. The van der Waals surface area contributed by atoms with Gasteiger partial charge in [0.25, 0.3) is 5.91 Å². The Balaban J connectivity index is 1.24. The Bertz CT molecular complexity index is 1240. The monoisotopic (exact) mass is 529 g/mol. The molecule has 1 aromatic carbocycles. The zero-order chi connectivity index (χ0) is 25.1. The molecule has 10 heteroatoms. The molecule has 2 aromatic heterocycles. The highest BCUT2D eigenvalue weighted by atomic mass is 35.5. The summed E-state index contributed by atoms with van der Waals surface area (Å²) in [6, 6.07) is 7.06. The number of amides is 1. The Morgan fingerprint density at radius 3 is 2.58 bits per heavy atom. The van der Waals surface area contributed by atoms with E-state index in [9.17, 15) is 9.59 Å². The van der Waals surface area contributed by atoms with Gasteiger partial charge in [-0.2, -0.15) is 0 Å². The molecule has 1 saturated carbocycles. The Morgan fingerprint density at radius 2 is 1.86 bits per heavy atom. The Hall–Kier alpha value is -2.49. The molecular weight excluding hydrogens is 501 g/mol. The third kappa shape index (κ3) is 5.74. The van der Waals surface area contributed by atoms with E-state index in [-0.39, 0.29) is 23.3 Å². The molecule has 1 aliphatic heterocycles. The van der Waals surface area contributed by atoms with Crippen molar-refractivity contribution in [2.24, 2.45) is 5.92 Å². The van der Waals surface area contributed by atoms with Gasteiger partial charge >= 0.3 is 0 Å². The van der Waals surface area contributed by atoms with Crippen LogP contribution in [0.15, 0.2) is 36.7 Å². The van der Waals surface area contributed by atoms with Crippen LogP contribution in [0, 0.1) is 5.92 Å². The first kappa shape index (κ1) is 25.2. The zero-order valence-electron chi connectivity index (χ0n) is 19.9. The number of carbonyl (C=O) groups excluding carboxylic acids is 2. The van der Waals surface area contributed by atoms with Crippen LogP contribution in [0.5, 0.6) is 0 Å². The lowest BCUT2D eigenvalue weighted by Gasteiger charge is -2.26. The topological polar surface area (TPSA) is 88.5 Å². The normalized spacial score (nSPS) is 16.4. The lowest BCUT2D eigenvalue weighted by atomic mass is 10.1. The first-order valence-electron chi connectivity index (χ1n) is 12.3. The Morgan fingerprint density at radius 1 is 1.11 bits per heavy atom. The van der Waals surface area contributed by atoms with Crippen LogP contribution in [-0.4, -0.2) is 65.7 Å². The maximum Gasteiger partial charge on any atom is 0.265 e. The number of rotatable bonds is 9. The highest BCUT2D eigenvalue weighted by Gasteiger charge is 2.30. The molecule has 8 nitrogen and oxygen atoms in total. The van der Waals surface area contributed by atoms with Crippen molar-refractivity contribution in [3.63, 3.8) is 0 Å². The van der Waals surface area contributed by atoms with Crippen LogP contribution < -0.4 is 10.6 Å². The predicted octanol–water partition coefficient (Wildman–Crippen LogP) is 4.19. The van der Waals surface area contributed by atoms with Crippen LogP contribution in [-0.2, 0) is 16.1 Å². The highest BCUT2D eigenvalue weighted by Crippen LogP contribution is 2.32. The number of halogens is 2. The number of hydrogen-bond acceptors (Lipinski definition) is 6. The number of morpholine rings is 1. The molecule has 36 heavy (non-hydrogen) atoms. The average Bonchev–Trinajstić information content (AvgIpc) is 3.63. The summed E-state index contributed by atoms with van der Waals surface area (Å²) in [5, 5.41) is 7.59. The zero-order valence-corrected chi connectivity index (χ0v) is 21.4. The molecule has 2 fully saturated rings. The van der Waals surface area contributed by atoms with E-state index in [0.717, 1.165) is 64.2 Å². The summed E-state index contributed by atoms with van der Waals surface area (Å²) in [6.45, 7) is 6.12. The van der Waals surface area contributed by atoms with E-state index < -0.39 is 0 Å². The van der Waals surface area contributed by atoms with Crippen LogP contribution in [0.2, 0.25) is 10.0 Å². The molecule has 1 saturated heterocycles. The van der Waals surface area contributed by atoms with Gasteiger partial charge in [0.2, 0.25) is 5.91 Å². The molecule has 5 rings (SSSR count). The molecule has 0 atom stereocenters. The van der Waals surface area contributed by atoms with E-state index in [1.165, 1.54) is 4.57 Å². The van der Waals surface area contributed by atoms with E-state index >= 15 is 0 Å². The van der Waals surface area contributed by atoms with Gasteiger partial charge in [0.05, 0.1) is 34.3 Å². The lowest BCUT2D eigenvalue weighted by molar-refractivity contribution is -0.117. The lowest BCUT2D eigenvalue weighted by Crippen LogP contribution is -2.37. The summed E-state index contributed by atoms with van der Waals surface area (Å²) in [6.07, 6.45) is 6.07. The van der Waals surface area contributed by atoms with Crippen LogP contribution in [0.4, 0.5) is 5.82 Å². The standard InChI is InChI=1S/C26H29Cl2N5O3/c27-20-14-17(16-29-6-1-8-32-10-12-36-13-11-32)15-21(28)23(20)26(35)33-9-5-19-22(33)4-7-30-24(19)31-25(34)18-2-3-18/h4-5,7,9,14-15,18,29H,1-3,6,8,10-13,16H2,(H,30,31,34). The first-order chi connectivity index (χ1) is 17.5. The molecule has 190 valence electrons. The first-order valence-corrected chi connectivity index (χ1v) is 13.1. The van der Waals surface area contributed by atoms with Gasteiger partial charge < -0.3 is 15.4 Å². The van der Waals surface area contributed by atoms with Gasteiger partial charge in [-0.1, -0.05) is 23.2 Å². The smallest absolute Gasteiger partial charge is 0.265 e. The number of nitrogens with zero attached hydrogens (tertiary/aromatic N) is 3. The van der Waals surface area contributed by atoms with Crippen molar-refractivity contribution in [1.29, 1.82) is 0 Å².